The van der Waals surface area contributed by atoms with Crippen molar-refractivity contribution >= 4 is 0 Å². The van der Waals surface area contributed by atoms with Crippen LogP contribution in [0.5, 0.6) is 5.75 Å². The monoisotopic (exact) mass is 191 g/mol. The molecule has 0 fully saturated rings. The van der Waals surface area contributed by atoms with Gasteiger partial charge in [-0.2, -0.15) is 5.26 Å². The molecule has 0 aromatic heterocycles. The van der Waals surface area contributed by atoms with Crippen molar-refractivity contribution in [1.82, 2.24) is 0 Å². The number of hydrogen-bond donors (Lipinski definition) is 0. The van der Waals surface area contributed by atoms with Crippen molar-refractivity contribution in [3.8, 4) is 11.8 Å². The number of nitrogens with zero attached hydrogens (tertiary/aromatic N) is 1. The Kier molecular flexibility index (Phi) is 3.96. The minimum Gasteiger partial charge on any atom is -0.491 e. The van der Waals surface area contributed by atoms with Crippen LogP contribution in [0.25, 0.3) is 0 Å². The number of benzene rings is 1. The van der Waals surface area contributed by atoms with Crippen LogP contribution in [0, 0.1) is 18.3 Å². The molecule has 0 saturated heterocycles. The first-order chi connectivity index (χ1) is 6.77. The topological polar surface area (TPSA) is 42.2 Å². The van der Waals surface area contributed by atoms with Gasteiger partial charge in [0, 0.05) is 7.11 Å². The van der Waals surface area contributed by atoms with E-state index in [4.69, 9.17) is 14.7 Å². The molecule has 0 atom stereocenters. The van der Waals surface area contributed by atoms with Crippen LogP contribution in [0.15, 0.2) is 18.2 Å². The summed E-state index contributed by atoms with van der Waals surface area (Å²) < 4.78 is 10.2. The Labute approximate surface area is 83.9 Å². The number of nitriles is 1. The van der Waals surface area contributed by atoms with Gasteiger partial charge in [-0.15, -0.1) is 0 Å². The van der Waals surface area contributed by atoms with E-state index in [1.807, 2.05) is 19.1 Å². The highest BCUT2D eigenvalue weighted by atomic mass is 16.5. The lowest BCUT2D eigenvalue weighted by atomic mass is 10.1. The van der Waals surface area contributed by atoms with Crippen molar-refractivity contribution in [2.24, 2.45) is 0 Å². The van der Waals surface area contributed by atoms with Gasteiger partial charge in [-0.1, -0.05) is 6.07 Å². The maximum Gasteiger partial charge on any atom is 0.120 e. The van der Waals surface area contributed by atoms with E-state index >= 15 is 0 Å². The first-order valence-electron chi connectivity index (χ1n) is 4.40. The van der Waals surface area contributed by atoms with E-state index in [1.165, 1.54) is 0 Å². The Bertz CT molecular complexity index is 342. The summed E-state index contributed by atoms with van der Waals surface area (Å²) in [4.78, 5) is 0. The molecule has 0 spiro atoms. The van der Waals surface area contributed by atoms with Gasteiger partial charge in [-0.05, 0) is 24.6 Å². The molecule has 0 bridgehead atoms. The zero-order chi connectivity index (χ0) is 10.4. The second-order valence-electron chi connectivity index (χ2n) is 2.93. The lowest BCUT2D eigenvalue weighted by Crippen LogP contribution is -2.04. The zero-order valence-electron chi connectivity index (χ0n) is 8.41. The minimum absolute atomic E-state index is 0.504. The fourth-order valence-electron chi connectivity index (χ4n) is 1.05. The third-order valence-electron chi connectivity index (χ3n) is 1.89. The Morgan fingerprint density at radius 2 is 2.14 bits per heavy atom. The van der Waals surface area contributed by atoms with Crippen LogP contribution >= 0.6 is 0 Å². The molecule has 0 N–H and O–H groups in total. The smallest absolute Gasteiger partial charge is 0.120 e. The molecule has 0 amide bonds. The zero-order valence-corrected chi connectivity index (χ0v) is 8.41. The maximum atomic E-state index is 8.78. The van der Waals surface area contributed by atoms with Crippen molar-refractivity contribution < 1.29 is 9.47 Å². The highest BCUT2D eigenvalue weighted by molar-refractivity contribution is 5.42. The van der Waals surface area contributed by atoms with E-state index in [0.29, 0.717) is 24.5 Å². The third-order valence-corrected chi connectivity index (χ3v) is 1.89. The molecule has 1 aromatic rings. The van der Waals surface area contributed by atoms with Gasteiger partial charge in [0.15, 0.2) is 0 Å². The normalized spacial score (nSPS) is 9.50. The Morgan fingerprint density at radius 1 is 1.36 bits per heavy atom. The van der Waals surface area contributed by atoms with E-state index in [0.717, 1.165) is 5.56 Å². The number of aryl methyl sites for hydroxylation is 1. The van der Waals surface area contributed by atoms with Gasteiger partial charge in [0.25, 0.3) is 0 Å². The summed E-state index contributed by atoms with van der Waals surface area (Å²) >= 11 is 0. The summed E-state index contributed by atoms with van der Waals surface area (Å²) in [5, 5.41) is 8.78. The molecule has 0 aliphatic carbocycles. The van der Waals surface area contributed by atoms with Gasteiger partial charge in [0.2, 0.25) is 0 Å². The predicted octanol–water partition coefficient (Wildman–Crippen LogP) is 1.89. The van der Waals surface area contributed by atoms with Gasteiger partial charge in [0.05, 0.1) is 18.2 Å². The largest absolute Gasteiger partial charge is 0.491 e. The van der Waals surface area contributed by atoms with Crippen LogP contribution in [0.3, 0.4) is 0 Å². The SMILES string of the molecule is COCCOc1ccc(C)c(C#N)c1. The summed E-state index contributed by atoms with van der Waals surface area (Å²) in [6.45, 7) is 2.96. The van der Waals surface area contributed by atoms with E-state index < -0.39 is 0 Å². The first-order valence-corrected chi connectivity index (χ1v) is 4.40. The van der Waals surface area contributed by atoms with Crippen molar-refractivity contribution in [2.45, 2.75) is 6.92 Å². The lowest BCUT2D eigenvalue weighted by Gasteiger charge is -2.06. The highest BCUT2D eigenvalue weighted by Gasteiger charge is 1.99. The van der Waals surface area contributed by atoms with Gasteiger partial charge in [-0.25, -0.2) is 0 Å². The average molecular weight is 191 g/mol. The molecule has 0 saturated carbocycles. The molecule has 0 unspecified atom stereocenters. The second kappa shape index (κ2) is 5.25. The fourth-order valence-corrected chi connectivity index (χ4v) is 1.05. The van der Waals surface area contributed by atoms with Gasteiger partial charge in [0.1, 0.15) is 12.4 Å². The van der Waals surface area contributed by atoms with Crippen molar-refractivity contribution in [1.29, 1.82) is 5.26 Å². The van der Waals surface area contributed by atoms with E-state index in [2.05, 4.69) is 6.07 Å². The van der Waals surface area contributed by atoms with E-state index in [9.17, 15) is 0 Å². The number of hydrogen-bond acceptors (Lipinski definition) is 3. The van der Waals surface area contributed by atoms with E-state index in [1.54, 1.807) is 13.2 Å². The van der Waals surface area contributed by atoms with Crippen LogP contribution < -0.4 is 4.74 Å². The van der Waals surface area contributed by atoms with Crippen molar-refractivity contribution in [3.05, 3.63) is 29.3 Å². The summed E-state index contributed by atoms with van der Waals surface area (Å²) in [7, 11) is 1.62. The molecule has 74 valence electrons. The first kappa shape index (κ1) is 10.6. The Balaban J connectivity index is 2.66. The highest BCUT2D eigenvalue weighted by Crippen LogP contribution is 2.16. The molecule has 1 aromatic carbocycles. The average Bonchev–Trinajstić information content (AvgIpc) is 2.21. The molecular formula is C11H13NO2. The maximum absolute atomic E-state index is 8.78. The van der Waals surface area contributed by atoms with Gasteiger partial charge in [-0.3, -0.25) is 0 Å². The van der Waals surface area contributed by atoms with Crippen LogP contribution in [0.1, 0.15) is 11.1 Å². The van der Waals surface area contributed by atoms with Crippen LogP contribution in [-0.2, 0) is 4.74 Å². The molecule has 0 aliphatic rings. The minimum atomic E-state index is 0.504. The van der Waals surface area contributed by atoms with Crippen molar-refractivity contribution in [2.75, 3.05) is 20.3 Å². The molecule has 0 radical (unpaired) electrons. The molecule has 3 nitrogen and oxygen atoms in total. The molecule has 0 aliphatic heterocycles. The van der Waals surface area contributed by atoms with Crippen molar-refractivity contribution in [3.63, 3.8) is 0 Å². The number of methoxy groups -OCH3 is 1. The molecule has 14 heavy (non-hydrogen) atoms. The summed E-state index contributed by atoms with van der Waals surface area (Å²) in [6, 6.07) is 7.58. The predicted molar refractivity (Wildman–Crippen MR) is 53.3 cm³/mol. The van der Waals surface area contributed by atoms with E-state index in [-0.39, 0.29) is 0 Å². The standard InChI is InChI=1S/C11H13NO2/c1-9-3-4-11(7-10(9)8-12)14-6-5-13-2/h3-4,7H,5-6H2,1-2H3. The molecule has 0 heterocycles. The fraction of sp³-hybridized carbons (Fsp3) is 0.364. The second-order valence-corrected chi connectivity index (χ2v) is 2.93. The summed E-state index contributed by atoms with van der Waals surface area (Å²) in [5.74, 6) is 0.712. The van der Waals surface area contributed by atoms with Gasteiger partial charge < -0.3 is 9.47 Å². The summed E-state index contributed by atoms with van der Waals surface area (Å²) in [5.41, 5.74) is 1.62. The molecule has 3 heteroatoms. The Morgan fingerprint density at radius 3 is 2.79 bits per heavy atom. The lowest BCUT2D eigenvalue weighted by molar-refractivity contribution is 0.146. The number of rotatable bonds is 4. The molecular weight excluding hydrogens is 178 g/mol. The van der Waals surface area contributed by atoms with Crippen LogP contribution in [0.2, 0.25) is 0 Å². The van der Waals surface area contributed by atoms with Crippen LogP contribution in [-0.4, -0.2) is 20.3 Å². The molecule has 1 rings (SSSR count). The number of ether oxygens (including phenoxy) is 2. The van der Waals surface area contributed by atoms with Crippen LogP contribution in [0.4, 0.5) is 0 Å². The van der Waals surface area contributed by atoms with Gasteiger partial charge >= 0.3 is 0 Å². The Hall–Kier alpha value is -1.53. The quantitative estimate of drug-likeness (QED) is 0.682. The third kappa shape index (κ3) is 2.75. The summed E-state index contributed by atoms with van der Waals surface area (Å²) in [6.07, 6.45) is 0.